The van der Waals surface area contributed by atoms with Gasteiger partial charge in [-0.3, -0.25) is 4.99 Å². The first-order valence-corrected chi connectivity index (χ1v) is 6.39. The first-order valence-electron chi connectivity index (χ1n) is 4.48. The number of nitriles is 1. The van der Waals surface area contributed by atoms with Crippen molar-refractivity contribution < 1.29 is 0 Å². The van der Waals surface area contributed by atoms with E-state index < -0.39 is 0 Å². The molecule has 0 aliphatic rings. The molecule has 2 nitrogen and oxygen atoms in total. The van der Waals surface area contributed by atoms with Gasteiger partial charge in [-0.25, -0.2) is 0 Å². The number of alkyl halides is 1. The van der Waals surface area contributed by atoms with Gasteiger partial charge in [0.05, 0.1) is 18.5 Å². The lowest BCUT2D eigenvalue weighted by molar-refractivity contribution is 0.787. The second-order valence-corrected chi connectivity index (χ2v) is 4.56. The molecule has 1 aromatic carbocycles. The fourth-order valence-electron chi connectivity index (χ4n) is 0.993. The molecule has 0 saturated carbocycles. The molecule has 1 unspecified atom stereocenters. The van der Waals surface area contributed by atoms with Gasteiger partial charge in [0.15, 0.2) is 0 Å². The summed E-state index contributed by atoms with van der Waals surface area (Å²) in [6.45, 7) is 0. The number of aliphatic imine (C=N–C) groups is 1. The summed E-state index contributed by atoms with van der Waals surface area (Å²) in [6.07, 6.45) is 2.24. The number of nitrogens with zero attached hydrogens (tertiary/aromatic N) is 2. The van der Waals surface area contributed by atoms with E-state index in [0.29, 0.717) is 11.8 Å². The highest BCUT2D eigenvalue weighted by atomic mass is 79.9. The second kappa shape index (κ2) is 6.76. The molecule has 0 bridgehead atoms. The lowest BCUT2D eigenvalue weighted by Gasteiger charge is -2.02. The van der Waals surface area contributed by atoms with E-state index in [1.54, 1.807) is 6.21 Å². The van der Waals surface area contributed by atoms with Crippen molar-refractivity contribution in [2.75, 3.05) is 5.33 Å². The van der Waals surface area contributed by atoms with Gasteiger partial charge in [0, 0.05) is 16.0 Å². The third-order valence-corrected chi connectivity index (χ3v) is 3.09. The van der Waals surface area contributed by atoms with Crippen LogP contribution in [0.5, 0.6) is 0 Å². The summed E-state index contributed by atoms with van der Waals surface area (Å²) in [6, 6.07) is 10.0. The Bertz CT molecular complexity index is 365. The maximum atomic E-state index is 8.55. The molecule has 1 rings (SSSR count). The van der Waals surface area contributed by atoms with E-state index in [0.717, 1.165) is 10.0 Å². The molecule has 0 radical (unpaired) electrons. The highest BCUT2D eigenvalue weighted by molar-refractivity contribution is 9.10. The van der Waals surface area contributed by atoms with Crippen LogP contribution >= 0.6 is 31.9 Å². The van der Waals surface area contributed by atoms with Crippen LogP contribution in [-0.2, 0) is 0 Å². The fourth-order valence-corrected chi connectivity index (χ4v) is 1.65. The van der Waals surface area contributed by atoms with Crippen LogP contribution in [-0.4, -0.2) is 17.6 Å². The summed E-state index contributed by atoms with van der Waals surface area (Å²) < 4.78 is 1.05. The Balaban J connectivity index is 2.64. The first-order chi connectivity index (χ1) is 7.26. The molecule has 15 heavy (non-hydrogen) atoms. The van der Waals surface area contributed by atoms with E-state index >= 15 is 0 Å². The van der Waals surface area contributed by atoms with Gasteiger partial charge in [-0.1, -0.05) is 44.0 Å². The van der Waals surface area contributed by atoms with Gasteiger partial charge in [-0.05, 0) is 17.7 Å². The highest BCUT2D eigenvalue weighted by Crippen LogP contribution is 2.09. The highest BCUT2D eigenvalue weighted by Gasteiger charge is 2.01. The quantitative estimate of drug-likeness (QED) is 0.614. The van der Waals surface area contributed by atoms with Crippen LogP contribution in [0.1, 0.15) is 12.0 Å². The summed E-state index contributed by atoms with van der Waals surface area (Å²) >= 11 is 6.70. The van der Waals surface area contributed by atoms with Crippen molar-refractivity contribution in [1.82, 2.24) is 0 Å². The van der Waals surface area contributed by atoms with E-state index in [2.05, 4.69) is 42.9 Å². The van der Waals surface area contributed by atoms with E-state index in [-0.39, 0.29) is 6.04 Å². The standard InChI is InChI=1S/C11H10Br2N2/c12-7-11(5-6-14)15-8-9-1-3-10(13)4-2-9/h1-4,8,11H,5,7H2. The topological polar surface area (TPSA) is 36.1 Å². The van der Waals surface area contributed by atoms with Crippen molar-refractivity contribution in [3.8, 4) is 6.07 Å². The van der Waals surface area contributed by atoms with Crippen LogP contribution in [0.3, 0.4) is 0 Å². The van der Waals surface area contributed by atoms with Crippen LogP contribution in [0.4, 0.5) is 0 Å². The Morgan fingerprint density at radius 2 is 2.07 bits per heavy atom. The molecule has 0 aliphatic heterocycles. The van der Waals surface area contributed by atoms with Crippen LogP contribution < -0.4 is 0 Å². The van der Waals surface area contributed by atoms with Crippen molar-refractivity contribution in [3.63, 3.8) is 0 Å². The van der Waals surface area contributed by atoms with Crippen molar-refractivity contribution in [3.05, 3.63) is 34.3 Å². The number of halogens is 2. The number of benzene rings is 1. The van der Waals surface area contributed by atoms with Crippen molar-refractivity contribution in [1.29, 1.82) is 5.26 Å². The molecule has 0 aromatic heterocycles. The monoisotopic (exact) mass is 328 g/mol. The molecule has 0 N–H and O–H groups in total. The third kappa shape index (κ3) is 4.59. The van der Waals surface area contributed by atoms with Crippen LogP contribution in [0.2, 0.25) is 0 Å². The lowest BCUT2D eigenvalue weighted by atomic mass is 10.2. The predicted octanol–water partition coefficient (Wildman–Crippen LogP) is 3.55. The molecule has 1 atom stereocenters. The predicted molar refractivity (Wildman–Crippen MR) is 69.5 cm³/mol. The smallest absolute Gasteiger partial charge is 0.0726 e. The van der Waals surface area contributed by atoms with Crippen LogP contribution in [0.15, 0.2) is 33.7 Å². The second-order valence-electron chi connectivity index (χ2n) is 3.00. The molecule has 1 aromatic rings. The fraction of sp³-hybridized carbons (Fsp3) is 0.273. The maximum absolute atomic E-state index is 8.55. The summed E-state index contributed by atoms with van der Waals surface area (Å²) in [5.41, 5.74) is 1.04. The Labute approximate surface area is 106 Å². The zero-order valence-electron chi connectivity index (χ0n) is 8.03. The first kappa shape index (κ1) is 12.4. The van der Waals surface area contributed by atoms with Gasteiger partial charge in [-0.15, -0.1) is 0 Å². The van der Waals surface area contributed by atoms with Crippen molar-refractivity contribution in [2.45, 2.75) is 12.5 Å². The Kier molecular flexibility index (Phi) is 5.59. The molecule has 0 saturated heterocycles. The normalized spacial score (nSPS) is 12.6. The molecule has 0 heterocycles. The molecular weight excluding hydrogens is 320 g/mol. The van der Waals surface area contributed by atoms with E-state index in [1.807, 2.05) is 24.3 Å². The summed E-state index contributed by atoms with van der Waals surface area (Å²) in [4.78, 5) is 4.32. The Hall–Kier alpha value is -0.660. The number of hydrogen-bond acceptors (Lipinski definition) is 2. The largest absolute Gasteiger partial charge is 0.287 e. The van der Waals surface area contributed by atoms with E-state index in [9.17, 15) is 0 Å². The SMILES string of the molecule is N#CCC(CBr)N=Cc1ccc(Br)cc1. The molecule has 0 fully saturated rings. The zero-order chi connectivity index (χ0) is 11.1. The number of hydrogen-bond donors (Lipinski definition) is 0. The molecular formula is C11H10Br2N2. The minimum Gasteiger partial charge on any atom is -0.287 e. The average molecular weight is 330 g/mol. The van der Waals surface area contributed by atoms with Gasteiger partial charge in [0.25, 0.3) is 0 Å². The third-order valence-electron chi connectivity index (χ3n) is 1.81. The zero-order valence-corrected chi connectivity index (χ0v) is 11.2. The summed E-state index contributed by atoms with van der Waals surface area (Å²) in [5.74, 6) is 0. The maximum Gasteiger partial charge on any atom is 0.0726 e. The molecule has 0 aliphatic carbocycles. The minimum absolute atomic E-state index is 0.0404. The Morgan fingerprint density at radius 3 is 2.60 bits per heavy atom. The van der Waals surface area contributed by atoms with E-state index in [1.165, 1.54) is 0 Å². The molecule has 78 valence electrons. The van der Waals surface area contributed by atoms with Crippen LogP contribution in [0, 0.1) is 11.3 Å². The van der Waals surface area contributed by atoms with Gasteiger partial charge >= 0.3 is 0 Å². The summed E-state index contributed by atoms with van der Waals surface area (Å²) in [7, 11) is 0. The van der Waals surface area contributed by atoms with Gasteiger partial charge < -0.3 is 0 Å². The van der Waals surface area contributed by atoms with Gasteiger partial charge in [0.2, 0.25) is 0 Å². The van der Waals surface area contributed by atoms with E-state index in [4.69, 9.17) is 5.26 Å². The van der Waals surface area contributed by atoms with Crippen molar-refractivity contribution >= 4 is 38.1 Å². The van der Waals surface area contributed by atoms with Gasteiger partial charge in [0.1, 0.15) is 0 Å². The molecule has 4 heteroatoms. The summed E-state index contributed by atoms with van der Waals surface area (Å²) in [5, 5.41) is 9.27. The number of rotatable bonds is 4. The van der Waals surface area contributed by atoms with Crippen molar-refractivity contribution in [2.24, 2.45) is 4.99 Å². The van der Waals surface area contributed by atoms with Crippen LogP contribution in [0.25, 0.3) is 0 Å². The minimum atomic E-state index is 0.0404. The Morgan fingerprint density at radius 1 is 1.40 bits per heavy atom. The average Bonchev–Trinajstić information content (AvgIpc) is 2.26. The molecule has 0 amide bonds. The van der Waals surface area contributed by atoms with Gasteiger partial charge in [-0.2, -0.15) is 5.26 Å². The molecule has 0 spiro atoms. The lowest BCUT2D eigenvalue weighted by Crippen LogP contribution is -2.04.